The Kier molecular flexibility index (Phi) is 3.82. The molecule has 1 N–H and O–H groups in total. The zero-order valence-electron chi connectivity index (χ0n) is 9.31. The molecule has 2 aromatic rings. The quantitative estimate of drug-likeness (QED) is 0.830. The summed E-state index contributed by atoms with van der Waals surface area (Å²) < 4.78 is 10.3. The molecule has 17 heavy (non-hydrogen) atoms. The molecule has 2 rings (SSSR count). The van der Waals surface area contributed by atoms with Crippen LogP contribution in [0.5, 0.6) is 5.75 Å². The summed E-state index contributed by atoms with van der Waals surface area (Å²) in [6, 6.07) is 8.09. The van der Waals surface area contributed by atoms with Gasteiger partial charge in [-0.15, -0.1) is 16.7 Å². The van der Waals surface area contributed by atoms with Crippen LogP contribution in [0.4, 0.5) is 6.01 Å². The lowest BCUT2D eigenvalue weighted by Crippen LogP contribution is -1.99. The Morgan fingerprint density at radius 2 is 2.06 bits per heavy atom. The number of rotatable bonds is 5. The van der Waals surface area contributed by atoms with Crippen molar-refractivity contribution < 1.29 is 9.15 Å². The van der Waals surface area contributed by atoms with Crippen molar-refractivity contribution in [1.29, 1.82) is 0 Å². The lowest BCUT2D eigenvalue weighted by Gasteiger charge is -2.03. The minimum Gasteiger partial charge on any atom is -0.497 e. The second-order valence-corrected chi connectivity index (χ2v) is 3.60. The minimum atomic E-state index is 0.219. The molecule has 6 heteroatoms. The number of hydrogen-bond donors (Lipinski definition) is 1. The van der Waals surface area contributed by atoms with E-state index in [-0.39, 0.29) is 5.88 Å². The van der Waals surface area contributed by atoms with Crippen molar-refractivity contribution in [1.82, 2.24) is 10.2 Å². The topological polar surface area (TPSA) is 60.2 Å². The zero-order valence-corrected chi connectivity index (χ0v) is 10.1. The van der Waals surface area contributed by atoms with Crippen molar-refractivity contribution in [2.75, 3.05) is 12.4 Å². The van der Waals surface area contributed by atoms with Crippen LogP contribution in [0, 0.1) is 0 Å². The molecule has 0 aliphatic rings. The summed E-state index contributed by atoms with van der Waals surface area (Å²) in [5, 5.41) is 10.6. The van der Waals surface area contributed by atoms with Gasteiger partial charge in [0.25, 0.3) is 0 Å². The molecule has 0 atom stereocenters. The standard InChI is InChI=1S/C11H12ClN3O2/c1-16-9-4-2-8(3-5-9)7-13-11-15-14-10(6-12)17-11/h2-5H,6-7H2,1H3,(H,13,15). The number of methoxy groups -OCH3 is 1. The van der Waals surface area contributed by atoms with E-state index >= 15 is 0 Å². The van der Waals surface area contributed by atoms with Crippen molar-refractivity contribution in [3.8, 4) is 5.75 Å². The molecule has 0 unspecified atom stereocenters. The monoisotopic (exact) mass is 253 g/mol. The first-order chi connectivity index (χ1) is 8.31. The largest absolute Gasteiger partial charge is 0.497 e. The van der Waals surface area contributed by atoms with Crippen molar-refractivity contribution in [3.63, 3.8) is 0 Å². The third-order valence-corrected chi connectivity index (χ3v) is 2.41. The van der Waals surface area contributed by atoms with Crippen LogP contribution < -0.4 is 10.1 Å². The lowest BCUT2D eigenvalue weighted by atomic mass is 10.2. The molecule has 1 aromatic heterocycles. The third kappa shape index (κ3) is 3.10. The fourth-order valence-electron chi connectivity index (χ4n) is 1.30. The van der Waals surface area contributed by atoms with Crippen molar-refractivity contribution >= 4 is 17.6 Å². The molecule has 0 aliphatic carbocycles. The number of benzene rings is 1. The number of aromatic nitrogens is 2. The fraction of sp³-hybridized carbons (Fsp3) is 0.273. The van der Waals surface area contributed by atoms with Crippen LogP contribution in [0.15, 0.2) is 28.7 Å². The fourth-order valence-corrected chi connectivity index (χ4v) is 1.41. The number of nitrogens with zero attached hydrogens (tertiary/aromatic N) is 2. The second-order valence-electron chi connectivity index (χ2n) is 3.34. The lowest BCUT2D eigenvalue weighted by molar-refractivity contribution is 0.414. The summed E-state index contributed by atoms with van der Waals surface area (Å²) >= 11 is 5.55. The molecule has 0 spiro atoms. The average molecular weight is 254 g/mol. The van der Waals surface area contributed by atoms with Crippen LogP contribution in [0.2, 0.25) is 0 Å². The maximum atomic E-state index is 5.55. The van der Waals surface area contributed by atoms with Crippen LogP contribution in [-0.2, 0) is 12.4 Å². The SMILES string of the molecule is COc1ccc(CNc2nnc(CCl)o2)cc1. The van der Waals surface area contributed by atoms with Gasteiger partial charge < -0.3 is 14.5 Å². The first kappa shape index (κ1) is 11.7. The van der Waals surface area contributed by atoms with E-state index in [1.54, 1.807) is 7.11 Å². The summed E-state index contributed by atoms with van der Waals surface area (Å²) in [5.41, 5.74) is 1.09. The maximum absolute atomic E-state index is 5.55. The van der Waals surface area contributed by atoms with Gasteiger partial charge in [-0.25, -0.2) is 0 Å². The molecule has 0 fully saturated rings. The van der Waals surface area contributed by atoms with Gasteiger partial charge >= 0.3 is 6.01 Å². The third-order valence-electron chi connectivity index (χ3n) is 2.18. The normalized spacial score (nSPS) is 10.2. The minimum absolute atomic E-state index is 0.219. The highest BCUT2D eigenvalue weighted by molar-refractivity contribution is 6.16. The van der Waals surface area contributed by atoms with E-state index in [1.807, 2.05) is 24.3 Å². The van der Waals surface area contributed by atoms with Crippen molar-refractivity contribution in [2.24, 2.45) is 0 Å². The molecule has 0 radical (unpaired) electrons. The van der Waals surface area contributed by atoms with E-state index in [4.69, 9.17) is 20.8 Å². The Labute approximate surface area is 104 Å². The number of hydrogen-bond acceptors (Lipinski definition) is 5. The van der Waals surface area contributed by atoms with Crippen LogP contribution in [0.25, 0.3) is 0 Å². The van der Waals surface area contributed by atoms with Crippen molar-refractivity contribution in [2.45, 2.75) is 12.4 Å². The first-order valence-corrected chi connectivity index (χ1v) is 5.60. The molecule has 0 saturated carbocycles. The summed E-state index contributed by atoms with van der Waals surface area (Å²) in [4.78, 5) is 0. The van der Waals surface area contributed by atoms with Gasteiger partial charge in [0.1, 0.15) is 11.6 Å². The Hall–Kier alpha value is -1.75. The molecule has 1 aromatic carbocycles. The van der Waals surface area contributed by atoms with E-state index in [1.165, 1.54) is 0 Å². The Morgan fingerprint density at radius 3 is 2.65 bits per heavy atom. The van der Waals surface area contributed by atoms with Gasteiger partial charge in [0, 0.05) is 6.54 Å². The van der Waals surface area contributed by atoms with Crippen LogP contribution in [0.1, 0.15) is 11.5 Å². The Bertz CT molecular complexity index is 470. The molecular formula is C11H12ClN3O2. The smallest absolute Gasteiger partial charge is 0.315 e. The highest BCUT2D eigenvalue weighted by Gasteiger charge is 2.03. The predicted molar refractivity (Wildman–Crippen MR) is 64.2 cm³/mol. The highest BCUT2D eigenvalue weighted by atomic mass is 35.5. The maximum Gasteiger partial charge on any atom is 0.315 e. The Morgan fingerprint density at radius 1 is 1.29 bits per heavy atom. The van der Waals surface area contributed by atoms with Gasteiger partial charge in [-0.2, -0.15) is 0 Å². The van der Waals surface area contributed by atoms with Gasteiger partial charge in [0.15, 0.2) is 0 Å². The van der Waals surface area contributed by atoms with Gasteiger partial charge in [-0.05, 0) is 17.7 Å². The number of alkyl halides is 1. The zero-order chi connectivity index (χ0) is 12.1. The van der Waals surface area contributed by atoms with E-state index < -0.39 is 0 Å². The van der Waals surface area contributed by atoms with Crippen molar-refractivity contribution in [3.05, 3.63) is 35.7 Å². The summed E-state index contributed by atoms with van der Waals surface area (Å²) in [7, 11) is 1.64. The predicted octanol–water partition coefficient (Wildman–Crippen LogP) is 2.43. The number of nitrogens with one attached hydrogen (secondary N) is 1. The molecule has 0 saturated heterocycles. The molecule has 0 aliphatic heterocycles. The van der Waals surface area contributed by atoms with E-state index in [9.17, 15) is 0 Å². The summed E-state index contributed by atoms with van der Waals surface area (Å²) in [6.07, 6.45) is 0. The molecule has 5 nitrogen and oxygen atoms in total. The number of anilines is 1. The van der Waals surface area contributed by atoms with Gasteiger partial charge in [-0.3, -0.25) is 0 Å². The van der Waals surface area contributed by atoms with Gasteiger partial charge in [0.05, 0.1) is 7.11 Å². The van der Waals surface area contributed by atoms with E-state index in [2.05, 4.69) is 15.5 Å². The summed E-state index contributed by atoms with van der Waals surface area (Å²) in [6.45, 7) is 0.605. The average Bonchev–Trinajstić information content (AvgIpc) is 2.85. The molecular weight excluding hydrogens is 242 g/mol. The van der Waals surface area contributed by atoms with E-state index in [0.29, 0.717) is 18.5 Å². The van der Waals surface area contributed by atoms with E-state index in [0.717, 1.165) is 11.3 Å². The number of ether oxygens (including phenoxy) is 1. The first-order valence-electron chi connectivity index (χ1n) is 5.07. The number of halogens is 1. The Balaban J connectivity index is 1.92. The van der Waals surface area contributed by atoms with Crippen LogP contribution in [0.3, 0.4) is 0 Å². The van der Waals surface area contributed by atoms with Gasteiger partial charge in [-0.1, -0.05) is 17.2 Å². The molecule has 0 bridgehead atoms. The molecule has 90 valence electrons. The second kappa shape index (κ2) is 5.54. The summed E-state index contributed by atoms with van der Waals surface area (Å²) in [5.74, 6) is 1.46. The van der Waals surface area contributed by atoms with Crippen LogP contribution in [-0.4, -0.2) is 17.3 Å². The highest BCUT2D eigenvalue weighted by Crippen LogP contribution is 2.13. The van der Waals surface area contributed by atoms with Crippen LogP contribution >= 0.6 is 11.6 Å². The van der Waals surface area contributed by atoms with Gasteiger partial charge in [0.2, 0.25) is 5.89 Å². The molecule has 0 amide bonds. The molecule has 1 heterocycles.